The van der Waals surface area contributed by atoms with Crippen LogP contribution in [0.3, 0.4) is 0 Å². The SMILES string of the molecule is COc1ccc2nc(NC(=O)C3CC3C)sc2c1. The lowest BCUT2D eigenvalue weighted by Crippen LogP contribution is -2.14. The first-order valence-electron chi connectivity index (χ1n) is 5.93. The molecular weight excluding hydrogens is 248 g/mol. The molecule has 0 aliphatic heterocycles. The first-order valence-corrected chi connectivity index (χ1v) is 6.74. The second-order valence-corrected chi connectivity index (χ2v) is 5.69. The molecule has 1 aliphatic carbocycles. The van der Waals surface area contributed by atoms with E-state index in [9.17, 15) is 4.79 Å². The maximum Gasteiger partial charge on any atom is 0.229 e. The predicted molar refractivity (Wildman–Crippen MR) is 72.1 cm³/mol. The zero-order chi connectivity index (χ0) is 12.7. The number of hydrogen-bond acceptors (Lipinski definition) is 4. The highest BCUT2D eigenvalue weighted by Gasteiger charge is 2.39. The van der Waals surface area contributed by atoms with Gasteiger partial charge in [-0.25, -0.2) is 4.98 Å². The van der Waals surface area contributed by atoms with Crippen LogP contribution in [0.4, 0.5) is 5.13 Å². The van der Waals surface area contributed by atoms with Crippen LogP contribution in [0.5, 0.6) is 5.75 Å². The fraction of sp³-hybridized carbons (Fsp3) is 0.385. The van der Waals surface area contributed by atoms with Gasteiger partial charge in [0, 0.05) is 5.92 Å². The Morgan fingerprint density at radius 2 is 2.33 bits per heavy atom. The van der Waals surface area contributed by atoms with Gasteiger partial charge in [-0.15, -0.1) is 0 Å². The molecule has 4 nitrogen and oxygen atoms in total. The van der Waals surface area contributed by atoms with Crippen molar-refractivity contribution in [3.8, 4) is 5.75 Å². The molecule has 1 fully saturated rings. The number of carbonyl (C=O) groups excluding carboxylic acids is 1. The van der Waals surface area contributed by atoms with Crippen LogP contribution >= 0.6 is 11.3 Å². The molecule has 5 heteroatoms. The van der Waals surface area contributed by atoms with Crippen LogP contribution in [0.2, 0.25) is 0 Å². The number of rotatable bonds is 3. The summed E-state index contributed by atoms with van der Waals surface area (Å²) in [5.41, 5.74) is 0.889. The van der Waals surface area contributed by atoms with Crippen molar-refractivity contribution in [2.24, 2.45) is 11.8 Å². The van der Waals surface area contributed by atoms with Crippen LogP contribution in [-0.4, -0.2) is 18.0 Å². The Hall–Kier alpha value is -1.62. The van der Waals surface area contributed by atoms with Crippen molar-refractivity contribution in [1.82, 2.24) is 4.98 Å². The quantitative estimate of drug-likeness (QED) is 0.925. The fourth-order valence-corrected chi connectivity index (χ4v) is 2.87. The van der Waals surface area contributed by atoms with Gasteiger partial charge >= 0.3 is 0 Å². The van der Waals surface area contributed by atoms with E-state index in [0.29, 0.717) is 11.0 Å². The number of ether oxygens (including phenoxy) is 1. The summed E-state index contributed by atoms with van der Waals surface area (Å²) in [6, 6.07) is 5.71. The molecule has 18 heavy (non-hydrogen) atoms. The summed E-state index contributed by atoms with van der Waals surface area (Å²) in [6.45, 7) is 2.09. The lowest BCUT2D eigenvalue weighted by molar-refractivity contribution is -0.117. The maximum atomic E-state index is 11.8. The highest BCUT2D eigenvalue weighted by molar-refractivity contribution is 7.22. The van der Waals surface area contributed by atoms with Gasteiger partial charge in [-0.2, -0.15) is 0 Å². The molecule has 1 saturated carbocycles. The van der Waals surface area contributed by atoms with Crippen molar-refractivity contribution >= 4 is 32.6 Å². The Balaban J connectivity index is 1.82. The fourth-order valence-electron chi connectivity index (χ4n) is 1.97. The largest absolute Gasteiger partial charge is 0.497 e. The Kier molecular flexibility index (Phi) is 2.70. The van der Waals surface area contributed by atoms with Gasteiger partial charge < -0.3 is 10.1 Å². The number of benzene rings is 1. The van der Waals surface area contributed by atoms with E-state index in [4.69, 9.17) is 4.74 Å². The molecule has 0 bridgehead atoms. The van der Waals surface area contributed by atoms with Gasteiger partial charge in [-0.05, 0) is 30.5 Å². The molecule has 1 N–H and O–H groups in total. The molecule has 0 saturated heterocycles. The highest BCUT2D eigenvalue weighted by atomic mass is 32.1. The van der Waals surface area contributed by atoms with Crippen molar-refractivity contribution in [3.05, 3.63) is 18.2 Å². The van der Waals surface area contributed by atoms with E-state index in [1.165, 1.54) is 11.3 Å². The minimum absolute atomic E-state index is 0.0912. The standard InChI is InChI=1S/C13H14N2O2S/c1-7-5-9(7)12(16)15-13-14-10-4-3-8(17-2)6-11(10)18-13/h3-4,6-7,9H,5H2,1-2H3,(H,14,15,16). The number of amides is 1. The van der Waals surface area contributed by atoms with Gasteiger partial charge in [0.1, 0.15) is 5.75 Å². The summed E-state index contributed by atoms with van der Waals surface area (Å²) in [5.74, 6) is 1.58. The first-order chi connectivity index (χ1) is 8.67. The van der Waals surface area contributed by atoms with Crippen LogP contribution in [0.15, 0.2) is 18.2 Å². The van der Waals surface area contributed by atoms with Crippen LogP contribution in [-0.2, 0) is 4.79 Å². The average Bonchev–Trinajstić information content (AvgIpc) is 2.96. The number of fused-ring (bicyclic) bond motifs is 1. The molecule has 1 aliphatic rings. The molecule has 1 amide bonds. The second-order valence-electron chi connectivity index (χ2n) is 4.66. The number of hydrogen-bond donors (Lipinski definition) is 1. The van der Waals surface area contributed by atoms with Crippen LogP contribution < -0.4 is 10.1 Å². The molecule has 1 aromatic carbocycles. The van der Waals surface area contributed by atoms with Crippen molar-refractivity contribution in [2.75, 3.05) is 12.4 Å². The maximum absolute atomic E-state index is 11.8. The number of methoxy groups -OCH3 is 1. The number of nitrogens with one attached hydrogen (secondary N) is 1. The number of carbonyl (C=O) groups is 1. The van der Waals surface area contributed by atoms with E-state index in [-0.39, 0.29) is 11.8 Å². The molecule has 94 valence electrons. The first kappa shape index (κ1) is 11.5. The van der Waals surface area contributed by atoms with E-state index in [1.54, 1.807) is 7.11 Å². The molecular formula is C13H14N2O2S. The number of thiazole rings is 1. The van der Waals surface area contributed by atoms with Crippen LogP contribution in [0, 0.1) is 11.8 Å². The van der Waals surface area contributed by atoms with E-state index >= 15 is 0 Å². The average molecular weight is 262 g/mol. The molecule has 0 radical (unpaired) electrons. The van der Waals surface area contributed by atoms with Gasteiger partial charge in [0.15, 0.2) is 5.13 Å². The van der Waals surface area contributed by atoms with E-state index in [1.807, 2.05) is 18.2 Å². The highest BCUT2D eigenvalue weighted by Crippen LogP contribution is 2.39. The topological polar surface area (TPSA) is 51.2 Å². The Morgan fingerprint density at radius 3 is 3.00 bits per heavy atom. The molecule has 1 heterocycles. The van der Waals surface area contributed by atoms with Gasteiger partial charge in [0.05, 0.1) is 17.3 Å². The third-order valence-electron chi connectivity index (χ3n) is 3.27. The normalized spacial score (nSPS) is 21.9. The van der Waals surface area contributed by atoms with Crippen molar-refractivity contribution in [3.63, 3.8) is 0 Å². The molecule has 0 spiro atoms. The Morgan fingerprint density at radius 1 is 1.56 bits per heavy atom. The molecule has 2 atom stereocenters. The third-order valence-corrected chi connectivity index (χ3v) is 4.21. The van der Waals surface area contributed by atoms with Gasteiger partial charge in [0.2, 0.25) is 5.91 Å². The minimum atomic E-state index is 0.0912. The van der Waals surface area contributed by atoms with E-state index in [2.05, 4.69) is 17.2 Å². The summed E-state index contributed by atoms with van der Waals surface area (Å²) in [6.07, 6.45) is 0.991. The second kappa shape index (κ2) is 4.24. The van der Waals surface area contributed by atoms with Gasteiger partial charge in [-0.3, -0.25) is 4.79 Å². The molecule has 2 unspecified atom stereocenters. The van der Waals surface area contributed by atoms with Crippen molar-refractivity contribution in [1.29, 1.82) is 0 Å². The molecule has 2 aromatic rings. The zero-order valence-electron chi connectivity index (χ0n) is 10.3. The number of anilines is 1. The minimum Gasteiger partial charge on any atom is -0.497 e. The lowest BCUT2D eigenvalue weighted by Gasteiger charge is -1.97. The monoisotopic (exact) mass is 262 g/mol. The third kappa shape index (κ3) is 2.06. The van der Waals surface area contributed by atoms with Crippen molar-refractivity contribution in [2.45, 2.75) is 13.3 Å². The summed E-state index contributed by atoms with van der Waals surface area (Å²) in [7, 11) is 1.64. The Bertz CT molecular complexity index is 608. The predicted octanol–water partition coefficient (Wildman–Crippen LogP) is 2.90. The lowest BCUT2D eigenvalue weighted by atomic mass is 10.3. The van der Waals surface area contributed by atoms with Gasteiger partial charge in [0.25, 0.3) is 0 Å². The van der Waals surface area contributed by atoms with E-state index in [0.717, 1.165) is 22.4 Å². The van der Waals surface area contributed by atoms with Crippen LogP contribution in [0.25, 0.3) is 10.2 Å². The number of aromatic nitrogens is 1. The van der Waals surface area contributed by atoms with Crippen molar-refractivity contribution < 1.29 is 9.53 Å². The zero-order valence-corrected chi connectivity index (χ0v) is 11.1. The number of nitrogens with zero attached hydrogens (tertiary/aromatic N) is 1. The summed E-state index contributed by atoms with van der Waals surface area (Å²) < 4.78 is 6.19. The molecule has 3 rings (SSSR count). The smallest absolute Gasteiger partial charge is 0.229 e. The van der Waals surface area contributed by atoms with Gasteiger partial charge in [-0.1, -0.05) is 18.3 Å². The Labute approximate surface area is 109 Å². The summed E-state index contributed by atoms with van der Waals surface area (Å²) in [4.78, 5) is 16.2. The van der Waals surface area contributed by atoms with Crippen LogP contribution in [0.1, 0.15) is 13.3 Å². The summed E-state index contributed by atoms with van der Waals surface area (Å²) in [5, 5.41) is 3.56. The summed E-state index contributed by atoms with van der Waals surface area (Å²) >= 11 is 1.48. The molecule has 1 aromatic heterocycles. The van der Waals surface area contributed by atoms with E-state index < -0.39 is 0 Å².